The third-order valence-electron chi connectivity index (χ3n) is 3.85. The van der Waals surface area contributed by atoms with Crippen molar-refractivity contribution in [1.29, 1.82) is 0 Å². The fourth-order valence-corrected chi connectivity index (χ4v) is 5.98. The molecule has 0 aliphatic heterocycles. The Bertz CT molecular complexity index is 1160. The lowest BCUT2D eigenvalue weighted by Gasteiger charge is -2.07. The van der Waals surface area contributed by atoms with Crippen LogP contribution in [-0.2, 0) is 19.8 Å². The van der Waals surface area contributed by atoms with Crippen LogP contribution in [-0.4, -0.2) is 12.6 Å². The predicted molar refractivity (Wildman–Crippen MR) is 109 cm³/mol. The second-order valence-corrected chi connectivity index (χ2v) is 9.86. The van der Waals surface area contributed by atoms with Crippen molar-refractivity contribution < 1.29 is 12.6 Å². The Hall–Kier alpha value is -2.70. The second kappa shape index (κ2) is 7.90. The smallest absolute Gasteiger partial charge is 0.239 e. The first-order valence-electron chi connectivity index (χ1n) is 8.27. The zero-order chi connectivity index (χ0) is 19.3. The molecule has 3 aromatic carbocycles. The van der Waals surface area contributed by atoms with E-state index in [0.29, 0.717) is 4.90 Å². The summed E-state index contributed by atoms with van der Waals surface area (Å²) < 4.78 is 43.0. The van der Waals surface area contributed by atoms with E-state index in [9.17, 15) is 12.6 Å². The molecule has 0 amide bonds. The third kappa shape index (κ3) is 4.72. The minimum Gasteiger partial charge on any atom is -0.239 e. The van der Waals surface area contributed by atoms with Crippen LogP contribution in [0.25, 0.3) is 6.08 Å². The molecule has 0 heterocycles. The molecule has 1 atom stereocenters. The largest absolute Gasteiger partial charge is 0.290 e. The highest BCUT2D eigenvalue weighted by Crippen LogP contribution is 2.22. The SMILES string of the molecule is Cc1ccc(S(=O)(=O)N=[S@@](=O)(/C=C/c2ccccc2)c2ccccc2)cc1. The van der Waals surface area contributed by atoms with Gasteiger partial charge in [-0.05, 0) is 42.8 Å². The van der Waals surface area contributed by atoms with E-state index in [1.165, 1.54) is 17.5 Å². The molecule has 0 fully saturated rings. The van der Waals surface area contributed by atoms with Gasteiger partial charge in [0.05, 0.1) is 9.79 Å². The fraction of sp³-hybridized carbons (Fsp3) is 0.0476. The van der Waals surface area contributed by atoms with Crippen molar-refractivity contribution >= 4 is 25.8 Å². The van der Waals surface area contributed by atoms with Crippen LogP contribution in [0, 0.1) is 6.92 Å². The molecule has 0 saturated heterocycles. The van der Waals surface area contributed by atoms with Gasteiger partial charge in [-0.3, -0.25) is 0 Å². The first kappa shape index (κ1) is 19.1. The maximum Gasteiger partial charge on any atom is 0.290 e. The van der Waals surface area contributed by atoms with Gasteiger partial charge in [-0.15, -0.1) is 0 Å². The summed E-state index contributed by atoms with van der Waals surface area (Å²) in [4.78, 5) is 0.359. The minimum atomic E-state index is -4.09. The summed E-state index contributed by atoms with van der Waals surface area (Å²) in [6.07, 6.45) is 1.63. The van der Waals surface area contributed by atoms with Gasteiger partial charge in [-0.2, -0.15) is 8.42 Å². The number of hydrogen-bond acceptors (Lipinski definition) is 3. The number of sulfonamides is 1. The number of rotatable bonds is 5. The molecule has 0 N–H and O–H groups in total. The summed E-state index contributed by atoms with van der Waals surface area (Å²) >= 11 is 0. The minimum absolute atomic E-state index is 0.0184. The van der Waals surface area contributed by atoms with Gasteiger partial charge in [-0.1, -0.05) is 70.0 Å². The summed E-state index contributed by atoms with van der Waals surface area (Å²) in [6.45, 7) is 1.86. The zero-order valence-corrected chi connectivity index (χ0v) is 16.4. The summed E-state index contributed by atoms with van der Waals surface area (Å²) in [6, 6.07) is 24.0. The quantitative estimate of drug-likeness (QED) is 0.616. The first-order valence-corrected chi connectivity index (χ1v) is 11.3. The summed E-state index contributed by atoms with van der Waals surface area (Å²) in [5.74, 6) is 0. The standard InChI is InChI=1S/C21H19NO3S2/c1-18-12-14-21(15-13-18)27(24,25)22-26(23,20-10-6-3-7-11-20)17-16-19-8-4-2-5-9-19/h2-17H,1H3/b17-16+/t26-/m1/s1. The van der Waals surface area contributed by atoms with Crippen molar-refractivity contribution in [2.45, 2.75) is 16.7 Å². The second-order valence-electron chi connectivity index (χ2n) is 5.96. The van der Waals surface area contributed by atoms with Gasteiger partial charge >= 0.3 is 0 Å². The normalized spacial score (nSPS) is 14.0. The van der Waals surface area contributed by atoms with Crippen molar-refractivity contribution in [2.75, 3.05) is 0 Å². The molecule has 0 spiro atoms. The molecule has 0 unspecified atom stereocenters. The monoisotopic (exact) mass is 397 g/mol. The molecule has 4 nitrogen and oxygen atoms in total. The number of nitrogens with zero attached hydrogens (tertiary/aromatic N) is 1. The van der Waals surface area contributed by atoms with Crippen LogP contribution < -0.4 is 0 Å². The molecule has 0 aliphatic rings. The fourth-order valence-electron chi connectivity index (χ4n) is 2.40. The number of benzene rings is 3. The molecular formula is C21H19NO3S2. The molecule has 3 rings (SSSR count). The van der Waals surface area contributed by atoms with Crippen molar-refractivity contribution in [3.8, 4) is 0 Å². The van der Waals surface area contributed by atoms with Crippen molar-refractivity contribution in [2.24, 2.45) is 3.77 Å². The Morgan fingerprint density at radius 1 is 0.704 bits per heavy atom. The Labute approximate surface area is 160 Å². The highest BCUT2D eigenvalue weighted by Gasteiger charge is 2.18. The Balaban J connectivity index is 2.15. The van der Waals surface area contributed by atoms with Crippen LogP contribution >= 0.6 is 0 Å². The lowest BCUT2D eigenvalue weighted by atomic mass is 10.2. The lowest BCUT2D eigenvalue weighted by Crippen LogP contribution is -2.04. The predicted octanol–water partition coefficient (Wildman–Crippen LogP) is 4.88. The average molecular weight is 398 g/mol. The lowest BCUT2D eigenvalue weighted by molar-refractivity contribution is 0.598. The van der Waals surface area contributed by atoms with Gasteiger partial charge in [-0.25, -0.2) is 4.21 Å². The highest BCUT2D eigenvalue weighted by molar-refractivity contribution is 8.05. The van der Waals surface area contributed by atoms with Gasteiger partial charge in [0.15, 0.2) is 0 Å². The molecule has 0 radical (unpaired) electrons. The van der Waals surface area contributed by atoms with E-state index < -0.39 is 19.8 Å². The Kier molecular flexibility index (Phi) is 5.58. The van der Waals surface area contributed by atoms with Crippen LogP contribution in [0.15, 0.2) is 104 Å². The van der Waals surface area contributed by atoms with E-state index >= 15 is 0 Å². The van der Waals surface area contributed by atoms with Crippen LogP contribution in [0.2, 0.25) is 0 Å². The Morgan fingerprint density at radius 2 is 1.26 bits per heavy atom. The van der Waals surface area contributed by atoms with Crippen LogP contribution in [0.4, 0.5) is 0 Å². The maximum atomic E-state index is 13.6. The topological polar surface area (TPSA) is 63.6 Å². The van der Waals surface area contributed by atoms with Crippen molar-refractivity contribution in [3.05, 3.63) is 101 Å². The zero-order valence-electron chi connectivity index (χ0n) is 14.7. The van der Waals surface area contributed by atoms with Gasteiger partial charge in [0, 0.05) is 5.41 Å². The number of aryl methyl sites for hydroxylation is 1. The van der Waals surface area contributed by atoms with E-state index in [-0.39, 0.29) is 4.90 Å². The first-order chi connectivity index (χ1) is 12.9. The van der Waals surface area contributed by atoms with E-state index in [0.717, 1.165) is 11.1 Å². The molecule has 27 heavy (non-hydrogen) atoms. The highest BCUT2D eigenvalue weighted by atomic mass is 32.3. The molecule has 0 bridgehead atoms. The van der Waals surface area contributed by atoms with Gasteiger partial charge < -0.3 is 0 Å². The van der Waals surface area contributed by atoms with Gasteiger partial charge in [0.25, 0.3) is 10.0 Å². The molecule has 3 aromatic rings. The van der Waals surface area contributed by atoms with Gasteiger partial charge in [0.2, 0.25) is 0 Å². The molecule has 0 aliphatic carbocycles. The van der Waals surface area contributed by atoms with Crippen LogP contribution in [0.1, 0.15) is 11.1 Å². The summed E-state index contributed by atoms with van der Waals surface area (Å²) in [5, 5.41) is 1.36. The third-order valence-corrected chi connectivity index (χ3v) is 7.84. The molecular weight excluding hydrogens is 378 g/mol. The van der Waals surface area contributed by atoms with Crippen molar-refractivity contribution in [1.82, 2.24) is 0 Å². The van der Waals surface area contributed by atoms with E-state index in [2.05, 4.69) is 3.77 Å². The summed E-state index contributed by atoms with van der Waals surface area (Å²) in [7, 11) is -7.41. The molecule has 138 valence electrons. The average Bonchev–Trinajstić information content (AvgIpc) is 2.68. The molecule has 0 aromatic heterocycles. The van der Waals surface area contributed by atoms with Gasteiger partial charge in [0.1, 0.15) is 9.73 Å². The maximum absolute atomic E-state index is 13.6. The molecule has 0 saturated carbocycles. The van der Waals surface area contributed by atoms with Crippen LogP contribution in [0.3, 0.4) is 0 Å². The van der Waals surface area contributed by atoms with Crippen molar-refractivity contribution in [3.63, 3.8) is 0 Å². The van der Waals surface area contributed by atoms with Crippen LogP contribution in [0.5, 0.6) is 0 Å². The molecule has 6 heteroatoms. The summed E-state index contributed by atoms with van der Waals surface area (Å²) in [5.41, 5.74) is 1.74. The van der Waals surface area contributed by atoms with E-state index in [1.807, 2.05) is 37.3 Å². The number of hydrogen-bond donors (Lipinski definition) is 0. The Morgan fingerprint density at radius 3 is 1.85 bits per heavy atom. The van der Waals surface area contributed by atoms with E-state index in [1.54, 1.807) is 48.5 Å². The van der Waals surface area contributed by atoms with E-state index in [4.69, 9.17) is 0 Å².